The van der Waals surface area contributed by atoms with Crippen molar-refractivity contribution in [2.45, 2.75) is 63.3 Å². The zero-order valence-electron chi connectivity index (χ0n) is 11.8. The summed E-state index contributed by atoms with van der Waals surface area (Å²) in [5, 5.41) is 3.22. The smallest absolute Gasteiger partial charge is 0.240 e. The summed E-state index contributed by atoms with van der Waals surface area (Å²) in [5.41, 5.74) is 6.02. The third-order valence-electron chi connectivity index (χ3n) is 6.49. The number of carbonyl (C=O) groups excluding carboxylic acids is 1. The molecule has 5 rings (SSSR count). The van der Waals surface area contributed by atoms with Crippen LogP contribution in [-0.4, -0.2) is 18.0 Å². The van der Waals surface area contributed by atoms with E-state index in [-0.39, 0.29) is 5.91 Å². The van der Waals surface area contributed by atoms with Crippen LogP contribution in [0.2, 0.25) is 0 Å². The summed E-state index contributed by atoms with van der Waals surface area (Å²) in [6.07, 6.45) is 11.3. The van der Waals surface area contributed by atoms with Gasteiger partial charge in [-0.25, -0.2) is 0 Å². The Morgan fingerprint density at radius 1 is 1.05 bits per heavy atom. The first-order valence-corrected chi connectivity index (χ1v) is 8.14. The largest absolute Gasteiger partial charge is 0.354 e. The van der Waals surface area contributed by atoms with Gasteiger partial charge in [0.1, 0.15) is 0 Å². The summed E-state index contributed by atoms with van der Waals surface area (Å²) >= 11 is 0. The summed E-state index contributed by atoms with van der Waals surface area (Å²) in [4.78, 5) is 12.2. The standard InChI is InChI=1S/C16H26N2O/c17-16(2-1-3-16)14(19)18-10-15-7-11-4-12(8-15)6-13(5-11)9-15/h11-13H,1-10,17H2,(H,18,19). The quantitative estimate of drug-likeness (QED) is 0.819. The molecule has 3 heteroatoms. The van der Waals surface area contributed by atoms with E-state index in [2.05, 4.69) is 5.32 Å². The van der Waals surface area contributed by atoms with Gasteiger partial charge in [0, 0.05) is 6.54 Å². The molecule has 0 radical (unpaired) electrons. The van der Waals surface area contributed by atoms with Crippen molar-refractivity contribution in [2.75, 3.05) is 6.54 Å². The molecule has 19 heavy (non-hydrogen) atoms. The SMILES string of the molecule is NC1(C(=O)NCC23CC4CC(CC(C4)C2)C3)CCC1. The van der Waals surface area contributed by atoms with Crippen molar-refractivity contribution in [3.8, 4) is 0 Å². The molecule has 5 aliphatic rings. The number of rotatable bonds is 3. The lowest BCUT2D eigenvalue weighted by Crippen LogP contribution is -2.60. The van der Waals surface area contributed by atoms with Crippen LogP contribution in [0.4, 0.5) is 0 Å². The topological polar surface area (TPSA) is 55.1 Å². The molecule has 0 heterocycles. The molecule has 106 valence electrons. The molecule has 0 saturated heterocycles. The van der Waals surface area contributed by atoms with Crippen molar-refractivity contribution in [3.63, 3.8) is 0 Å². The van der Waals surface area contributed by atoms with Crippen molar-refractivity contribution >= 4 is 5.91 Å². The lowest BCUT2D eigenvalue weighted by molar-refractivity contribution is -0.131. The molecule has 5 aliphatic carbocycles. The summed E-state index contributed by atoms with van der Waals surface area (Å²) in [6.45, 7) is 0.897. The summed E-state index contributed by atoms with van der Waals surface area (Å²) < 4.78 is 0. The Balaban J connectivity index is 1.41. The van der Waals surface area contributed by atoms with E-state index in [0.717, 1.165) is 43.6 Å². The molecule has 5 saturated carbocycles. The fourth-order valence-corrected chi connectivity index (χ4v) is 5.74. The third-order valence-corrected chi connectivity index (χ3v) is 6.49. The summed E-state index contributed by atoms with van der Waals surface area (Å²) in [5.74, 6) is 2.99. The van der Waals surface area contributed by atoms with Crippen molar-refractivity contribution in [1.82, 2.24) is 5.32 Å². The maximum atomic E-state index is 12.2. The van der Waals surface area contributed by atoms with Gasteiger partial charge in [-0.15, -0.1) is 0 Å². The fourth-order valence-electron chi connectivity index (χ4n) is 5.74. The van der Waals surface area contributed by atoms with Crippen LogP contribution < -0.4 is 11.1 Å². The maximum Gasteiger partial charge on any atom is 0.240 e. The maximum absolute atomic E-state index is 12.2. The van der Waals surface area contributed by atoms with Crippen LogP contribution in [0.15, 0.2) is 0 Å². The second kappa shape index (κ2) is 3.97. The second-order valence-electron chi connectivity index (χ2n) is 8.11. The molecule has 1 amide bonds. The van der Waals surface area contributed by atoms with E-state index in [9.17, 15) is 4.79 Å². The molecule has 0 unspecified atom stereocenters. The average molecular weight is 262 g/mol. The molecule has 3 nitrogen and oxygen atoms in total. The van der Waals surface area contributed by atoms with E-state index in [1.165, 1.54) is 38.5 Å². The average Bonchev–Trinajstić information content (AvgIpc) is 2.31. The van der Waals surface area contributed by atoms with E-state index in [1.54, 1.807) is 0 Å². The van der Waals surface area contributed by atoms with Gasteiger partial charge < -0.3 is 11.1 Å². The Kier molecular flexibility index (Phi) is 2.55. The van der Waals surface area contributed by atoms with Gasteiger partial charge in [-0.3, -0.25) is 4.79 Å². The van der Waals surface area contributed by atoms with Gasteiger partial charge in [0.15, 0.2) is 0 Å². The Hall–Kier alpha value is -0.570. The highest BCUT2D eigenvalue weighted by Crippen LogP contribution is 2.59. The van der Waals surface area contributed by atoms with Crippen LogP contribution in [0.25, 0.3) is 0 Å². The Morgan fingerprint density at radius 2 is 1.58 bits per heavy atom. The van der Waals surface area contributed by atoms with E-state index < -0.39 is 5.54 Å². The molecule has 0 atom stereocenters. The monoisotopic (exact) mass is 262 g/mol. The van der Waals surface area contributed by atoms with E-state index >= 15 is 0 Å². The minimum atomic E-state index is -0.526. The van der Waals surface area contributed by atoms with E-state index in [4.69, 9.17) is 5.73 Å². The summed E-state index contributed by atoms with van der Waals surface area (Å²) in [7, 11) is 0. The van der Waals surface area contributed by atoms with Crippen molar-refractivity contribution in [2.24, 2.45) is 28.9 Å². The van der Waals surface area contributed by atoms with Gasteiger partial charge >= 0.3 is 0 Å². The normalized spacial score (nSPS) is 45.8. The van der Waals surface area contributed by atoms with Gasteiger partial charge in [-0.05, 0) is 81.0 Å². The highest BCUT2D eigenvalue weighted by molar-refractivity contribution is 5.87. The van der Waals surface area contributed by atoms with Gasteiger partial charge in [-0.1, -0.05) is 0 Å². The first kappa shape index (κ1) is 12.2. The molecule has 5 fully saturated rings. The molecule has 0 aromatic rings. The highest BCUT2D eigenvalue weighted by Gasteiger charge is 2.51. The molecule has 0 aliphatic heterocycles. The number of nitrogens with one attached hydrogen (secondary N) is 1. The third kappa shape index (κ3) is 1.93. The molecular formula is C16H26N2O. The lowest BCUT2D eigenvalue weighted by atomic mass is 9.49. The Morgan fingerprint density at radius 3 is 2.00 bits per heavy atom. The lowest BCUT2D eigenvalue weighted by Gasteiger charge is -2.57. The Labute approximate surface area is 115 Å². The predicted octanol–water partition coefficient (Wildman–Crippen LogP) is 2.20. The zero-order chi connectivity index (χ0) is 13.1. The number of hydrogen-bond acceptors (Lipinski definition) is 2. The minimum absolute atomic E-state index is 0.120. The molecule has 0 spiro atoms. The Bertz CT molecular complexity index is 364. The van der Waals surface area contributed by atoms with Crippen molar-refractivity contribution in [1.29, 1.82) is 0 Å². The predicted molar refractivity (Wildman–Crippen MR) is 74.4 cm³/mol. The van der Waals surface area contributed by atoms with Gasteiger partial charge in [0.25, 0.3) is 0 Å². The van der Waals surface area contributed by atoms with E-state index in [1.807, 2.05) is 0 Å². The van der Waals surface area contributed by atoms with Gasteiger partial charge in [0.2, 0.25) is 5.91 Å². The number of nitrogens with two attached hydrogens (primary N) is 1. The number of carbonyl (C=O) groups is 1. The summed E-state index contributed by atoms with van der Waals surface area (Å²) in [6, 6.07) is 0. The molecule has 3 N–H and O–H groups in total. The molecular weight excluding hydrogens is 236 g/mol. The first-order valence-electron chi connectivity index (χ1n) is 8.14. The fraction of sp³-hybridized carbons (Fsp3) is 0.938. The van der Waals surface area contributed by atoms with Gasteiger partial charge in [-0.2, -0.15) is 0 Å². The molecule has 0 aromatic carbocycles. The van der Waals surface area contributed by atoms with Crippen LogP contribution in [0.5, 0.6) is 0 Å². The van der Waals surface area contributed by atoms with Crippen LogP contribution in [0.3, 0.4) is 0 Å². The minimum Gasteiger partial charge on any atom is -0.354 e. The second-order valence-corrected chi connectivity index (χ2v) is 8.11. The molecule has 4 bridgehead atoms. The molecule has 0 aromatic heterocycles. The zero-order valence-corrected chi connectivity index (χ0v) is 11.8. The first-order chi connectivity index (χ1) is 9.07. The highest BCUT2D eigenvalue weighted by atomic mass is 16.2. The van der Waals surface area contributed by atoms with Crippen LogP contribution in [0.1, 0.15) is 57.8 Å². The number of amides is 1. The van der Waals surface area contributed by atoms with Crippen LogP contribution >= 0.6 is 0 Å². The van der Waals surface area contributed by atoms with Gasteiger partial charge in [0.05, 0.1) is 5.54 Å². The van der Waals surface area contributed by atoms with Crippen LogP contribution in [0, 0.1) is 23.2 Å². The number of hydrogen-bond donors (Lipinski definition) is 2. The van der Waals surface area contributed by atoms with Crippen molar-refractivity contribution < 1.29 is 4.79 Å². The van der Waals surface area contributed by atoms with E-state index in [0.29, 0.717) is 5.41 Å². The van der Waals surface area contributed by atoms with Crippen LogP contribution in [-0.2, 0) is 4.79 Å². The van der Waals surface area contributed by atoms with Crippen molar-refractivity contribution in [3.05, 3.63) is 0 Å².